The van der Waals surface area contributed by atoms with Gasteiger partial charge in [0.2, 0.25) is 0 Å². The van der Waals surface area contributed by atoms with Crippen molar-refractivity contribution in [2.24, 2.45) is 0 Å². The second kappa shape index (κ2) is 4.48. The highest BCUT2D eigenvalue weighted by Gasteiger charge is 1.98. The summed E-state index contributed by atoms with van der Waals surface area (Å²) in [5.41, 5.74) is 7.52. The standard InChI is InChI=1S/C11H10IN3/c12-9-3-1-2-4-10(9)15-8-5-6-11(13)14-7-8/h1-7,15H,(H2,13,14). The third-order valence-electron chi connectivity index (χ3n) is 1.94. The van der Waals surface area contributed by atoms with E-state index in [1.54, 1.807) is 12.3 Å². The van der Waals surface area contributed by atoms with Gasteiger partial charge in [-0.1, -0.05) is 12.1 Å². The van der Waals surface area contributed by atoms with E-state index in [1.165, 1.54) is 3.57 Å². The number of nitrogen functional groups attached to an aromatic ring is 1. The molecule has 1 aromatic heterocycles. The minimum Gasteiger partial charge on any atom is -0.384 e. The zero-order valence-electron chi connectivity index (χ0n) is 7.94. The minimum atomic E-state index is 0.531. The van der Waals surface area contributed by atoms with Crippen LogP contribution in [0.15, 0.2) is 42.6 Å². The highest BCUT2D eigenvalue weighted by atomic mass is 127. The number of nitrogens with one attached hydrogen (secondary N) is 1. The van der Waals surface area contributed by atoms with Gasteiger partial charge in [0, 0.05) is 3.57 Å². The lowest BCUT2D eigenvalue weighted by Crippen LogP contribution is -1.95. The normalized spacial score (nSPS) is 9.93. The summed E-state index contributed by atoms with van der Waals surface area (Å²) < 4.78 is 1.17. The number of nitrogens with zero attached hydrogens (tertiary/aromatic N) is 1. The van der Waals surface area contributed by atoms with Gasteiger partial charge in [-0.15, -0.1) is 0 Å². The molecule has 15 heavy (non-hydrogen) atoms. The Kier molecular flexibility index (Phi) is 3.05. The van der Waals surface area contributed by atoms with E-state index in [1.807, 2.05) is 30.3 Å². The van der Waals surface area contributed by atoms with Gasteiger partial charge in [0.05, 0.1) is 17.6 Å². The predicted molar refractivity (Wildman–Crippen MR) is 71.1 cm³/mol. The first-order valence-corrected chi connectivity index (χ1v) is 5.56. The maximum Gasteiger partial charge on any atom is 0.123 e. The lowest BCUT2D eigenvalue weighted by atomic mass is 10.3. The molecule has 0 radical (unpaired) electrons. The average molecular weight is 311 g/mol. The van der Waals surface area contributed by atoms with Crippen LogP contribution >= 0.6 is 22.6 Å². The molecule has 0 aliphatic carbocycles. The molecule has 0 amide bonds. The van der Waals surface area contributed by atoms with Crippen molar-refractivity contribution in [3.05, 3.63) is 46.2 Å². The zero-order valence-corrected chi connectivity index (χ0v) is 10.1. The second-order valence-electron chi connectivity index (χ2n) is 3.08. The molecule has 0 saturated carbocycles. The molecule has 0 spiro atoms. The Labute approximate surface area is 102 Å². The number of rotatable bonds is 2. The number of halogens is 1. The van der Waals surface area contributed by atoms with Crippen LogP contribution in [0.25, 0.3) is 0 Å². The highest BCUT2D eigenvalue weighted by molar-refractivity contribution is 14.1. The molecule has 0 atom stereocenters. The van der Waals surface area contributed by atoms with Gasteiger partial charge in [0.1, 0.15) is 5.82 Å². The first-order chi connectivity index (χ1) is 7.25. The summed E-state index contributed by atoms with van der Waals surface area (Å²) in [5, 5.41) is 3.27. The Morgan fingerprint density at radius 1 is 1.13 bits per heavy atom. The van der Waals surface area contributed by atoms with Crippen molar-refractivity contribution < 1.29 is 0 Å². The molecule has 1 heterocycles. The van der Waals surface area contributed by atoms with Gasteiger partial charge in [0.15, 0.2) is 0 Å². The Hall–Kier alpha value is -1.30. The van der Waals surface area contributed by atoms with Gasteiger partial charge in [-0.05, 0) is 46.9 Å². The zero-order chi connectivity index (χ0) is 10.7. The summed E-state index contributed by atoms with van der Waals surface area (Å²) in [5.74, 6) is 0.531. The summed E-state index contributed by atoms with van der Waals surface area (Å²) in [4.78, 5) is 4.02. The molecule has 2 rings (SSSR count). The molecule has 76 valence electrons. The third-order valence-corrected chi connectivity index (χ3v) is 2.88. The lowest BCUT2D eigenvalue weighted by molar-refractivity contribution is 1.33. The van der Waals surface area contributed by atoms with Crippen LogP contribution in [0, 0.1) is 3.57 Å². The monoisotopic (exact) mass is 311 g/mol. The molecule has 0 aliphatic heterocycles. The maximum absolute atomic E-state index is 5.51. The van der Waals surface area contributed by atoms with Gasteiger partial charge in [-0.3, -0.25) is 0 Å². The number of para-hydroxylation sites is 1. The molecule has 2 aromatic rings. The van der Waals surface area contributed by atoms with Crippen LogP contribution in [-0.4, -0.2) is 4.98 Å². The van der Waals surface area contributed by atoms with E-state index < -0.39 is 0 Å². The van der Waals surface area contributed by atoms with E-state index in [4.69, 9.17) is 5.73 Å². The molecule has 4 heteroatoms. The molecule has 3 N–H and O–H groups in total. The lowest BCUT2D eigenvalue weighted by Gasteiger charge is -2.07. The number of benzene rings is 1. The number of pyridine rings is 1. The van der Waals surface area contributed by atoms with Crippen LogP contribution in [0.1, 0.15) is 0 Å². The fourth-order valence-corrected chi connectivity index (χ4v) is 1.72. The first-order valence-electron chi connectivity index (χ1n) is 4.49. The summed E-state index contributed by atoms with van der Waals surface area (Å²) in [6.07, 6.45) is 1.72. The Bertz CT molecular complexity index is 454. The van der Waals surface area contributed by atoms with Crippen molar-refractivity contribution in [1.29, 1.82) is 0 Å². The van der Waals surface area contributed by atoms with E-state index in [-0.39, 0.29) is 0 Å². The average Bonchev–Trinajstić information content (AvgIpc) is 2.25. The highest BCUT2D eigenvalue weighted by Crippen LogP contribution is 2.21. The van der Waals surface area contributed by atoms with Crippen molar-refractivity contribution in [1.82, 2.24) is 4.98 Å². The quantitative estimate of drug-likeness (QED) is 0.838. The molecule has 1 aromatic carbocycles. The number of anilines is 3. The fraction of sp³-hybridized carbons (Fsp3) is 0. The number of hydrogen-bond acceptors (Lipinski definition) is 3. The summed E-state index contributed by atoms with van der Waals surface area (Å²) >= 11 is 2.29. The van der Waals surface area contributed by atoms with Crippen LogP contribution in [0.2, 0.25) is 0 Å². The minimum absolute atomic E-state index is 0.531. The molecule has 0 unspecified atom stereocenters. The van der Waals surface area contributed by atoms with Gasteiger partial charge < -0.3 is 11.1 Å². The van der Waals surface area contributed by atoms with Crippen molar-refractivity contribution in [3.63, 3.8) is 0 Å². The summed E-state index contributed by atoms with van der Waals surface area (Å²) in [7, 11) is 0. The number of nitrogens with two attached hydrogens (primary N) is 1. The van der Waals surface area contributed by atoms with Crippen LogP contribution < -0.4 is 11.1 Å². The van der Waals surface area contributed by atoms with Gasteiger partial charge in [-0.2, -0.15) is 0 Å². The third kappa shape index (κ3) is 2.59. The van der Waals surface area contributed by atoms with E-state index in [2.05, 4.69) is 32.9 Å². The Balaban J connectivity index is 2.22. The van der Waals surface area contributed by atoms with E-state index >= 15 is 0 Å². The molecular formula is C11H10IN3. The van der Waals surface area contributed by atoms with Crippen molar-refractivity contribution >= 4 is 39.8 Å². The van der Waals surface area contributed by atoms with Crippen molar-refractivity contribution in [3.8, 4) is 0 Å². The number of hydrogen-bond donors (Lipinski definition) is 2. The fourth-order valence-electron chi connectivity index (χ4n) is 1.20. The molecule has 0 saturated heterocycles. The van der Waals surface area contributed by atoms with Crippen LogP contribution in [-0.2, 0) is 0 Å². The van der Waals surface area contributed by atoms with E-state index in [0.29, 0.717) is 5.82 Å². The number of aromatic nitrogens is 1. The van der Waals surface area contributed by atoms with Gasteiger partial charge in [0.25, 0.3) is 0 Å². The van der Waals surface area contributed by atoms with Gasteiger partial charge >= 0.3 is 0 Å². The second-order valence-corrected chi connectivity index (χ2v) is 4.24. The van der Waals surface area contributed by atoms with Crippen molar-refractivity contribution in [2.75, 3.05) is 11.1 Å². The largest absolute Gasteiger partial charge is 0.384 e. The Morgan fingerprint density at radius 3 is 2.60 bits per heavy atom. The molecular weight excluding hydrogens is 301 g/mol. The van der Waals surface area contributed by atoms with Crippen LogP contribution in [0.4, 0.5) is 17.2 Å². The molecule has 0 aliphatic rings. The summed E-state index contributed by atoms with van der Waals surface area (Å²) in [6.45, 7) is 0. The topological polar surface area (TPSA) is 50.9 Å². The molecule has 3 nitrogen and oxygen atoms in total. The van der Waals surface area contributed by atoms with Crippen molar-refractivity contribution in [2.45, 2.75) is 0 Å². The van der Waals surface area contributed by atoms with Crippen LogP contribution in [0.5, 0.6) is 0 Å². The summed E-state index contributed by atoms with van der Waals surface area (Å²) in [6, 6.07) is 11.8. The maximum atomic E-state index is 5.51. The van der Waals surface area contributed by atoms with Gasteiger partial charge in [-0.25, -0.2) is 4.98 Å². The van der Waals surface area contributed by atoms with E-state index in [9.17, 15) is 0 Å². The van der Waals surface area contributed by atoms with Crippen LogP contribution in [0.3, 0.4) is 0 Å². The molecule has 0 bridgehead atoms. The first kappa shape index (κ1) is 10.2. The SMILES string of the molecule is Nc1ccc(Nc2ccccc2I)cn1. The van der Waals surface area contributed by atoms with E-state index in [0.717, 1.165) is 11.4 Å². The predicted octanol–water partition coefficient (Wildman–Crippen LogP) is 3.01. The smallest absolute Gasteiger partial charge is 0.123 e. The molecule has 0 fully saturated rings. The Morgan fingerprint density at radius 2 is 1.93 bits per heavy atom.